The zero-order valence-corrected chi connectivity index (χ0v) is 8.73. The Morgan fingerprint density at radius 1 is 1.50 bits per heavy atom. The lowest BCUT2D eigenvalue weighted by atomic mass is 10.1. The summed E-state index contributed by atoms with van der Waals surface area (Å²) in [5, 5.41) is 27.2. The highest BCUT2D eigenvalue weighted by Crippen LogP contribution is 2.16. The number of aromatic nitrogens is 1. The first-order valence-electron chi connectivity index (χ1n) is 3.91. The minimum Gasteiger partial charge on any atom is -0.394 e. The maximum Gasteiger partial charge on any atom is 0.253 e. The van der Waals surface area contributed by atoms with E-state index < -0.39 is 24.4 Å². The maximum absolute atomic E-state index is 11.2. The van der Waals surface area contributed by atoms with E-state index in [9.17, 15) is 9.90 Å². The van der Waals surface area contributed by atoms with E-state index in [1.54, 1.807) is 0 Å². The van der Waals surface area contributed by atoms with E-state index in [4.69, 9.17) is 10.2 Å². The third-order valence-corrected chi connectivity index (χ3v) is 2.22. The summed E-state index contributed by atoms with van der Waals surface area (Å²) < 4.78 is 0.580. The zero-order valence-electron chi connectivity index (χ0n) is 7.14. The Morgan fingerprint density at radius 3 is 2.71 bits per heavy atom. The van der Waals surface area contributed by atoms with Crippen LogP contribution in [-0.4, -0.2) is 33.0 Å². The van der Waals surface area contributed by atoms with Crippen molar-refractivity contribution in [1.82, 2.24) is 4.98 Å². The van der Waals surface area contributed by atoms with Crippen LogP contribution < -0.4 is 5.56 Å². The van der Waals surface area contributed by atoms with Crippen LogP contribution in [0, 0.1) is 0 Å². The molecule has 6 heteroatoms. The fraction of sp³-hybridized carbons (Fsp3) is 0.375. The first kappa shape index (κ1) is 11.4. The largest absolute Gasteiger partial charge is 0.394 e. The van der Waals surface area contributed by atoms with Gasteiger partial charge in [-0.2, -0.15) is 0 Å². The van der Waals surface area contributed by atoms with Crippen molar-refractivity contribution in [2.24, 2.45) is 0 Å². The number of hydrogen-bond donors (Lipinski definition) is 4. The van der Waals surface area contributed by atoms with Crippen molar-refractivity contribution >= 4 is 15.9 Å². The normalized spacial score (nSPS) is 15.1. The van der Waals surface area contributed by atoms with Crippen molar-refractivity contribution in [3.05, 3.63) is 32.7 Å². The summed E-state index contributed by atoms with van der Waals surface area (Å²) in [6.07, 6.45) is -1.32. The molecule has 1 aromatic rings. The van der Waals surface area contributed by atoms with Crippen LogP contribution >= 0.6 is 15.9 Å². The molecular weight excluding hydrogens is 254 g/mol. The van der Waals surface area contributed by atoms with Crippen molar-refractivity contribution in [3.8, 4) is 0 Å². The van der Waals surface area contributed by atoms with E-state index >= 15 is 0 Å². The highest BCUT2D eigenvalue weighted by Gasteiger charge is 2.20. The summed E-state index contributed by atoms with van der Waals surface area (Å²) in [5.41, 5.74) is -0.478. The standard InChI is InChI=1S/C8H10BrNO4/c9-4-1-5(8(14)10-2-4)7(13)6(12)3-11/h1-2,6-7,11-13H,3H2,(H,10,14). The molecule has 5 nitrogen and oxygen atoms in total. The van der Waals surface area contributed by atoms with Gasteiger partial charge in [-0.25, -0.2) is 0 Å². The molecule has 0 amide bonds. The number of pyridine rings is 1. The van der Waals surface area contributed by atoms with Crippen LogP contribution in [0.5, 0.6) is 0 Å². The molecule has 1 aromatic heterocycles. The van der Waals surface area contributed by atoms with E-state index in [0.717, 1.165) is 0 Å². The molecule has 2 atom stereocenters. The number of aliphatic hydroxyl groups excluding tert-OH is 3. The quantitative estimate of drug-likeness (QED) is 0.593. The van der Waals surface area contributed by atoms with Crippen molar-refractivity contribution in [2.45, 2.75) is 12.2 Å². The van der Waals surface area contributed by atoms with Crippen molar-refractivity contribution in [3.63, 3.8) is 0 Å². The summed E-state index contributed by atoms with van der Waals surface area (Å²) in [7, 11) is 0. The second kappa shape index (κ2) is 4.70. The molecule has 0 fully saturated rings. The Bertz CT molecular complexity index is 365. The lowest BCUT2D eigenvalue weighted by Gasteiger charge is -2.14. The van der Waals surface area contributed by atoms with Gasteiger partial charge in [-0.1, -0.05) is 0 Å². The van der Waals surface area contributed by atoms with Crippen molar-refractivity contribution < 1.29 is 15.3 Å². The van der Waals surface area contributed by atoms with Crippen molar-refractivity contribution in [1.29, 1.82) is 0 Å². The van der Waals surface area contributed by atoms with Gasteiger partial charge < -0.3 is 20.3 Å². The Morgan fingerprint density at radius 2 is 2.14 bits per heavy atom. The zero-order chi connectivity index (χ0) is 10.7. The Kier molecular flexibility index (Phi) is 3.82. The van der Waals surface area contributed by atoms with Gasteiger partial charge in [-0.05, 0) is 22.0 Å². The number of aliphatic hydroxyl groups is 3. The lowest BCUT2D eigenvalue weighted by Crippen LogP contribution is -2.27. The number of nitrogens with one attached hydrogen (secondary N) is 1. The molecule has 4 N–H and O–H groups in total. The Labute approximate surface area is 88.2 Å². The van der Waals surface area contributed by atoms with Gasteiger partial charge in [0.25, 0.3) is 5.56 Å². The smallest absolute Gasteiger partial charge is 0.253 e. The molecule has 2 unspecified atom stereocenters. The molecule has 14 heavy (non-hydrogen) atoms. The van der Waals surface area contributed by atoms with Crippen LogP contribution in [0.2, 0.25) is 0 Å². The first-order chi connectivity index (χ1) is 6.56. The predicted molar refractivity (Wildman–Crippen MR) is 52.8 cm³/mol. The molecule has 0 aliphatic heterocycles. The lowest BCUT2D eigenvalue weighted by molar-refractivity contribution is -0.0159. The molecule has 0 aliphatic carbocycles. The molecular formula is C8H10BrNO4. The summed E-state index contributed by atoms with van der Waals surface area (Å²) in [6.45, 7) is -0.604. The summed E-state index contributed by atoms with van der Waals surface area (Å²) in [6, 6.07) is 1.39. The minimum atomic E-state index is -1.39. The fourth-order valence-electron chi connectivity index (χ4n) is 1.00. The highest BCUT2D eigenvalue weighted by atomic mass is 79.9. The number of hydrogen-bond acceptors (Lipinski definition) is 4. The van der Waals surface area contributed by atoms with Crippen LogP contribution in [0.15, 0.2) is 21.5 Å². The van der Waals surface area contributed by atoms with E-state index in [0.29, 0.717) is 4.47 Å². The molecule has 0 radical (unpaired) electrons. The van der Waals surface area contributed by atoms with Gasteiger partial charge in [0.05, 0.1) is 6.61 Å². The van der Waals surface area contributed by atoms with E-state index in [1.807, 2.05) is 0 Å². The molecule has 0 saturated heterocycles. The van der Waals surface area contributed by atoms with Crippen LogP contribution in [0.1, 0.15) is 11.7 Å². The summed E-state index contributed by atoms with van der Waals surface area (Å²) in [5.74, 6) is 0. The average Bonchev–Trinajstić information content (AvgIpc) is 2.19. The van der Waals surface area contributed by atoms with E-state index in [-0.39, 0.29) is 5.56 Å². The minimum absolute atomic E-state index is 0.0147. The Hall–Kier alpha value is -0.690. The third kappa shape index (κ3) is 2.42. The van der Waals surface area contributed by atoms with E-state index in [1.165, 1.54) is 12.3 Å². The number of halogens is 1. The van der Waals surface area contributed by atoms with Gasteiger partial charge in [0.15, 0.2) is 0 Å². The van der Waals surface area contributed by atoms with Crippen LogP contribution in [0.3, 0.4) is 0 Å². The summed E-state index contributed by atoms with van der Waals surface area (Å²) in [4.78, 5) is 13.6. The molecule has 1 rings (SSSR count). The van der Waals surface area contributed by atoms with Crippen LogP contribution in [0.25, 0.3) is 0 Å². The molecule has 0 aliphatic rings. The second-order valence-electron chi connectivity index (χ2n) is 2.80. The van der Waals surface area contributed by atoms with Gasteiger partial charge in [0.1, 0.15) is 12.2 Å². The topological polar surface area (TPSA) is 93.6 Å². The average molecular weight is 264 g/mol. The maximum atomic E-state index is 11.2. The first-order valence-corrected chi connectivity index (χ1v) is 4.70. The second-order valence-corrected chi connectivity index (χ2v) is 3.71. The van der Waals surface area contributed by atoms with Crippen LogP contribution in [0.4, 0.5) is 0 Å². The van der Waals surface area contributed by atoms with Gasteiger partial charge in [-0.15, -0.1) is 0 Å². The van der Waals surface area contributed by atoms with Crippen molar-refractivity contribution in [2.75, 3.05) is 6.61 Å². The molecule has 1 heterocycles. The van der Waals surface area contributed by atoms with Gasteiger partial charge >= 0.3 is 0 Å². The Balaban J connectivity index is 3.05. The molecule has 0 bridgehead atoms. The number of rotatable bonds is 3. The monoisotopic (exact) mass is 263 g/mol. The molecule has 78 valence electrons. The van der Waals surface area contributed by atoms with Crippen LogP contribution in [-0.2, 0) is 0 Å². The van der Waals surface area contributed by atoms with Gasteiger partial charge in [-0.3, -0.25) is 4.79 Å². The molecule has 0 spiro atoms. The highest BCUT2D eigenvalue weighted by molar-refractivity contribution is 9.10. The predicted octanol–water partition coefficient (Wildman–Crippen LogP) is -0.476. The third-order valence-electron chi connectivity index (χ3n) is 1.77. The van der Waals surface area contributed by atoms with Gasteiger partial charge in [0.2, 0.25) is 0 Å². The number of aromatic amines is 1. The number of H-pyrrole nitrogens is 1. The van der Waals surface area contributed by atoms with E-state index in [2.05, 4.69) is 20.9 Å². The molecule has 0 aromatic carbocycles. The fourth-order valence-corrected chi connectivity index (χ4v) is 1.36. The van der Waals surface area contributed by atoms with Gasteiger partial charge in [0, 0.05) is 16.2 Å². The SMILES string of the molecule is O=c1[nH]cc(Br)cc1C(O)C(O)CO. The summed E-state index contributed by atoms with van der Waals surface area (Å²) >= 11 is 3.11. The molecule has 0 saturated carbocycles.